The van der Waals surface area contributed by atoms with Crippen molar-refractivity contribution in [2.75, 3.05) is 0 Å². The Morgan fingerprint density at radius 3 is 2.60 bits per heavy atom. The molecule has 0 bridgehead atoms. The lowest BCUT2D eigenvalue weighted by Crippen LogP contribution is -2.02. The summed E-state index contributed by atoms with van der Waals surface area (Å²) < 4.78 is 1.05. The molecule has 0 atom stereocenters. The van der Waals surface area contributed by atoms with Gasteiger partial charge >= 0.3 is 0 Å². The minimum absolute atomic E-state index is 0.0620. The first-order valence-corrected chi connectivity index (χ1v) is 7.41. The van der Waals surface area contributed by atoms with Crippen LogP contribution in [0.25, 0.3) is 22.3 Å². The first-order chi connectivity index (χ1) is 9.74. The van der Waals surface area contributed by atoms with Crippen molar-refractivity contribution in [3.8, 4) is 11.3 Å². The molecular formula is C15H12BrN3O. The van der Waals surface area contributed by atoms with Crippen molar-refractivity contribution >= 4 is 27.0 Å². The van der Waals surface area contributed by atoms with Gasteiger partial charge in [0.15, 0.2) is 5.65 Å². The maximum atomic E-state index is 11.9. The lowest BCUT2D eigenvalue weighted by Gasteiger charge is -2.08. The van der Waals surface area contributed by atoms with Gasteiger partial charge < -0.3 is 0 Å². The zero-order valence-corrected chi connectivity index (χ0v) is 12.3. The average Bonchev–Trinajstić information content (AvgIpc) is 3.05. The van der Waals surface area contributed by atoms with Gasteiger partial charge in [0.2, 0.25) is 0 Å². The van der Waals surface area contributed by atoms with Crippen molar-refractivity contribution in [1.29, 1.82) is 0 Å². The molecule has 0 saturated carbocycles. The molecule has 1 aromatic carbocycles. The minimum Gasteiger partial charge on any atom is -0.281 e. The van der Waals surface area contributed by atoms with Crippen LogP contribution in [0.15, 0.2) is 33.5 Å². The number of halogens is 1. The van der Waals surface area contributed by atoms with Crippen molar-refractivity contribution < 1.29 is 0 Å². The van der Waals surface area contributed by atoms with E-state index in [2.05, 4.69) is 43.2 Å². The number of rotatable bonds is 1. The number of benzene rings is 1. The summed E-state index contributed by atoms with van der Waals surface area (Å²) in [5.41, 5.74) is 5.07. The van der Waals surface area contributed by atoms with Gasteiger partial charge in [0.1, 0.15) is 0 Å². The van der Waals surface area contributed by atoms with E-state index in [4.69, 9.17) is 0 Å². The second kappa shape index (κ2) is 4.31. The third-order valence-electron chi connectivity index (χ3n) is 3.91. The Morgan fingerprint density at radius 2 is 1.80 bits per heavy atom. The van der Waals surface area contributed by atoms with Crippen molar-refractivity contribution in [2.45, 2.75) is 19.3 Å². The monoisotopic (exact) mass is 329 g/mol. The zero-order chi connectivity index (χ0) is 13.7. The molecule has 2 N–H and O–H groups in total. The van der Waals surface area contributed by atoms with Gasteiger partial charge in [-0.05, 0) is 42.5 Å². The molecule has 5 heteroatoms. The quantitative estimate of drug-likeness (QED) is 0.720. The second-order valence-corrected chi connectivity index (χ2v) is 6.00. The second-order valence-electron chi connectivity index (χ2n) is 5.08. The molecule has 4 rings (SSSR count). The molecule has 1 aliphatic carbocycles. The summed E-state index contributed by atoms with van der Waals surface area (Å²) in [5, 5.41) is 6.26. The van der Waals surface area contributed by atoms with Crippen LogP contribution in [0.1, 0.15) is 17.5 Å². The number of aromatic nitrogens is 3. The maximum Gasteiger partial charge on any atom is 0.273 e. The van der Waals surface area contributed by atoms with Crippen LogP contribution in [0.5, 0.6) is 0 Å². The number of fused-ring (bicyclic) bond motifs is 3. The predicted octanol–water partition coefficient (Wildman–Crippen LogP) is 3.17. The Morgan fingerprint density at radius 1 is 1.05 bits per heavy atom. The Hall–Kier alpha value is -1.88. The summed E-state index contributed by atoms with van der Waals surface area (Å²) >= 11 is 3.45. The Labute approximate surface area is 123 Å². The highest BCUT2D eigenvalue weighted by molar-refractivity contribution is 9.10. The van der Waals surface area contributed by atoms with Crippen LogP contribution in [0, 0.1) is 0 Å². The third kappa shape index (κ3) is 1.66. The van der Waals surface area contributed by atoms with Gasteiger partial charge in [-0.2, -0.15) is 0 Å². The summed E-state index contributed by atoms with van der Waals surface area (Å²) in [7, 11) is 0. The average molecular weight is 330 g/mol. The van der Waals surface area contributed by atoms with E-state index in [-0.39, 0.29) is 5.56 Å². The number of aromatic amines is 2. The van der Waals surface area contributed by atoms with Crippen LogP contribution >= 0.6 is 15.9 Å². The molecule has 20 heavy (non-hydrogen) atoms. The summed E-state index contributed by atoms with van der Waals surface area (Å²) in [6.07, 6.45) is 3.04. The van der Waals surface area contributed by atoms with Crippen LogP contribution in [0.2, 0.25) is 0 Å². The van der Waals surface area contributed by atoms with Crippen LogP contribution in [-0.4, -0.2) is 15.2 Å². The topological polar surface area (TPSA) is 61.5 Å². The third-order valence-corrected chi connectivity index (χ3v) is 4.43. The number of aryl methyl sites for hydroxylation is 1. The van der Waals surface area contributed by atoms with Gasteiger partial charge in [0.25, 0.3) is 5.56 Å². The number of hydrogen-bond acceptors (Lipinski definition) is 2. The fourth-order valence-electron chi connectivity index (χ4n) is 3.02. The molecule has 2 aromatic heterocycles. The Kier molecular flexibility index (Phi) is 2.57. The van der Waals surface area contributed by atoms with Gasteiger partial charge in [0.05, 0.1) is 11.1 Å². The highest BCUT2D eigenvalue weighted by Gasteiger charge is 2.22. The van der Waals surface area contributed by atoms with Crippen LogP contribution in [0.3, 0.4) is 0 Å². The molecule has 2 heterocycles. The molecule has 4 nitrogen and oxygen atoms in total. The number of pyridine rings is 1. The fourth-order valence-corrected chi connectivity index (χ4v) is 3.28. The van der Waals surface area contributed by atoms with Crippen molar-refractivity contribution in [3.63, 3.8) is 0 Å². The molecule has 0 fully saturated rings. The van der Waals surface area contributed by atoms with Gasteiger partial charge in [-0.25, -0.2) is 4.98 Å². The predicted molar refractivity (Wildman–Crippen MR) is 81.9 cm³/mol. The van der Waals surface area contributed by atoms with E-state index in [1.807, 2.05) is 12.1 Å². The first-order valence-electron chi connectivity index (χ1n) is 6.62. The normalized spacial score (nSPS) is 13.8. The highest BCUT2D eigenvalue weighted by Crippen LogP contribution is 2.34. The van der Waals surface area contributed by atoms with E-state index < -0.39 is 0 Å². The molecule has 0 amide bonds. The number of nitrogens with zero attached hydrogens (tertiary/aromatic N) is 1. The maximum absolute atomic E-state index is 11.9. The fraction of sp³-hybridized carbons (Fsp3) is 0.200. The van der Waals surface area contributed by atoms with E-state index in [1.165, 1.54) is 5.56 Å². The highest BCUT2D eigenvalue weighted by atomic mass is 79.9. The standard InChI is InChI=1S/C15H12BrN3O/c16-9-6-4-8(5-7-9)13-11-3-1-2-10(11)12-14(17-13)18-19-15(12)20/h4-7H,1-3H2,(H2,17,18,19,20). The summed E-state index contributed by atoms with van der Waals surface area (Å²) in [6.45, 7) is 0. The molecule has 0 spiro atoms. The molecule has 1 aliphatic rings. The molecule has 0 aliphatic heterocycles. The van der Waals surface area contributed by atoms with E-state index >= 15 is 0 Å². The zero-order valence-electron chi connectivity index (χ0n) is 10.7. The van der Waals surface area contributed by atoms with Gasteiger partial charge in [-0.1, -0.05) is 28.1 Å². The van der Waals surface area contributed by atoms with Crippen molar-refractivity contribution in [2.24, 2.45) is 0 Å². The van der Waals surface area contributed by atoms with Gasteiger partial charge in [-0.3, -0.25) is 15.0 Å². The van der Waals surface area contributed by atoms with Gasteiger partial charge in [-0.15, -0.1) is 0 Å². The SMILES string of the molecule is O=c1[nH][nH]c2nc(-c3ccc(Br)cc3)c3c(c12)CCC3. The van der Waals surface area contributed by atoms with Crippen molar-refractivity contribution in [3.05, 3.63) is 50.2 Å². The molecule has 100 valence electrons. The largest absolute Gasteiger partial charge is 0.281 e. The molecule has 0 radical (unpaired) electrons. The van der Waals surface area contributed by atoms with Gasteiger partial charge in [0, 0.05) is 10.0 Å². The number of H-pyrrole nitrogens is 2. The Balaban J connectivity index is 2.05. The molecular weight excluding hydrogens is 318 g/mol. The smallest absolute Gasteiger partial charge is 0.273 e. The van der Waals surface area contributed by atoms with E-state index in [1.54, 1.807) is 0 Å². The van der Waals surface area contributed by atoms with Crippen LogP contribution in [0.4, 0.5) is 0 Å². The first kappa shape index (κ1) is 11.9. The lowest BCUT2D eigenvalue weighted by atomic mass is 10.0. The summed E-state index contributed by atoms with van der Waals surface area (Å²) in [6, 6.07) is 8.15. The van der Waals surface area contributed by atoms with Crippen molar-refractivity contribution in [1.82, 2.24) is 15.2 Å². The Bertz CT molecular complexity index is 861. The minimum atomic E-state index is -0.0620. The molecule has 3 aromatic rings. The number of hydrogen-bond donors (Lipinski definition) is 2. The lowest BCUT2D eigenvalue weighted by molar-refractivity contribution is 0.912. The van der Waals surface area contributed by atoms with E-state index in [9.17, 15) is 4.79 Å². The summed E-state index contributed by atoms with van der Waals surface area (Å²) in [5.74, 6) is 0. The van der Waals surface area contributed by atoms with Crippen LogP contribution < -0.4 is 5.56 Å². The van der Waals surface area contributed by atoms with E-state index in [0.717, 1.165) is 45.9 Å². The van der Waals surface area contributed by atoms with Crippen LogP contribution in [-0.2, 0) is 12.8 Å². The van der Waals surface area contributed by atoms with E-state index in [0.29, 0.717) is 5.65 Å². The number of nitrogens with one attached hydrogen (secondary N) is 2. The molecule has 0 saturated heterocycles. The molecule has 0 unspecified atom stereocenters. The summed E-state index contributed by atoms with van der Waals surface area (Å²) in [4.78, 5) is 16.6.